The number of ether oxygens (including phenoxy) is 2. The third-order valence-corrected chi connectivity index (χ3v) is 3.78. The molecule has 0 saturated heterocycles. The minimum Gasteiger partial charge on any atom is -0.492 e. The van der Waals surface area contributed by atoms with Gasteiger partial charge in [0.1, 0.15) is 17.4 Å². The number of carbonyl (C=O) groups excluding carboxylic acids is 1. The summed E-state index contributed by atoms with van der Waals surface area (Å²) in [6.07, 6.45) is 3.45. The molecule has 132 valence electrons. The SMILES string of the molecule is CCCCOc1ccc(NC(=O)C(C)(CCC)OCC)cc1C#N. The number of anilines is 1. The van der Waals surface area contributed by atoms with Gasteiger partial charge in [-0.25, -0.2) is 0 Å². The largest absolute Gasteiger partial charge is 0.492 e. The molecule has 0 bridgehead atoms. The highest BCUT2D eigenvalue weighted by Gasteiger charge is 2.33. The van der Waals surface area contributed by atoms with Crippen LogP contribution in [0.1, 0.15) is 58.9 Å². The minimum atomic E-state index is -0.868. The van der Waals surface area contributed by atoms with E-state index in [4.69, 9.17) is 9.47 Å². The number of unbranched alkanes of at least 4 members (excludes halogenated alkanes) is 1. The van der Waals surface area contributed by atoms with Crippen LogP contribution in [0.5, 0.6) is 5.75 Å². The van der Waals surface area contributed by atoms with Gasteiger partial charge >= 0.3 is 0 Å². The van der Waals surface area contributed by atoms with Crippen LogP contribution in [0.2, 0.25) is 0 Å². The molecular formula is C19H28N2O3. The lowest BCUT2D eigenvalue weighted by molar-refractivity contribution is -0.139. The minimum absolute atomic E-state index is 0.199. The van der Waals surface area contributed by atoms with Gasteiger partial charge in [-0.05, 0) is 44.9 Å². The molecule has 5 nitrogen and oxygen atoms in total. The van der Waals surface area contributed by atoms with Crippen molar-refractivity contribution in [3.63, 3.8) is 0 Å². The van der Waals surface area contributed by atoms with E-state index in [1.165, 1.54) is 0 Å². The molecule has 0 heterocycles. The van der Waals surface area contributed by atoms with Crippen LogP contribution < -0.4 is 10.1 Å². The van der Waals surface area contributed by atoms with Gasteiger partial charge in [-0.3, -0.25) is 4.79 Å². The molecule has 1 unspecified atom stereocenters. The van der Waals surface area contributed by atoms with Crippen LogP contribution >= 0.6 is 0 Å². The third kappa shape index (κ3) is 5.54. The summed E-state index contributed by atoms with van der Waals surface area (Å²) < 4.78 is 11.3. The van der Waals surface area contributed by atoms with Crippen molar-refractivity contribution in [2.75, 3.05) is 18.5 Å². The summed E-state index contributed by atoms with van der Waals surface area (Å²) in [5.41, 5.74) is 0.117. The number of amides is 1. The lowest BCUT2D eigenvalue weighted by Crippen LogP contribution is -2.42. The lowest BCUT2D eigenvalue weighted by atomic mass is 9.99. The van der Waals surface area contributed by atoms with Crippen molar-refractivity contribution in [1.82, 2.24) is 0 Å². The Bertz CT molecular complexity index is 572. The van der Waals surface area contributed by atoms with Gasteiger partial charge in [0.05, 0.1) is 12.2 Å². The van der Waals surface area contributed by atoms with Gasteiger partial charge in [0.2, 0.25) is 0 Å². The molecule has 1 rings (SSSR count). The van der Waals surface area contributed by atoms with E-state index in [1.807, 2.05) is 13.8 Å². The van der Waals surface area contributed by atoms with Gasteiger partial charge in [0.15, 0.2) is 0 Å². The van der Waals surface area contributed by atoms with Gasteiger partial charge in [0, 0.05) is 12.3 Å². The molecule has 0 aliphatic heterocycles. The van der Waals surface area contributed by atoms with E-state index in [2.05, 4.69) is 18.3 Å². The number of carbonyl (C=O) groups is 1. The van der Waals surface area contributed by atoms with Crippen LogP contribution in [0.15, 0.2) is 18.2 Å². The highest BCUT2D eigenvalue weighted by molar-refractivity contribution is 5.97. The highest BCUT2D eigenvalue weighted by Crippen LogP contribution is 2.25. The monoisotopic (exact) mass is 332 g/mol. The van der Waals surface area contributed by atoms with E-state index in [9.17, 15) is 10.1 Å². The molecule has 1 amide bonds. The summed E-state index contributed by atoms with van der Waals surface area (Å²) >= 11 is 0. The summed E-state index contributed by atoms with van der Waals surface area (Å²) in [6.45, 7) is 8.81. The fourth-order valence-electron chi connectivity index (χ4n) is 2.46. The zero-order valence-corrected chi connectivity index (χ0v) is 15.1. The summed E-state index contributed by atoms with van der Waals surface area (Å²) in [7, 11) is 0. The quantitative estimate of drug-likeness (QED) is 0.649. The van der Waals surface area contributed by atoms with Crippen molar-refractivity contribution in [2.45, 2.75) is 59.0 Å². The van der Waals surface area contributed by atoms with Crippen LogP contribution in [0, 0.1) is 11.3 Å². The van der Waals surface area contributed by atoms with Gasteiger partial charge in [-0.1, -0.05) is 26.7 Å². The van der Waals surface area contributed by atoms with Crippen molar-refractivity contribution < 1.29 is 14.3 Å². The number of benzene rings is 1. The maximum atomic E-state index is 12.6. The number of hydrogen-bond acceptors (Lipinski definition) is 4. The summed E-state index contributed by atoms with van der Waals surface area (Å²) in [6, 6.07) is 7.23. The van der Waals surface area contributed by atoms with Crippen molar-refractivity contribution >= 4 is 11.6 Å². The molecule has 0 saturated carbocycles. The number of nitrogens with zero attached hydrogens (tertiary/aromatic N) is 1. The third-order valence-electron chi connectivity index (χ3n) is 3.78. The summed E-state index contributed by atoms with van der Waals surface area (Å²) in [5, 5.41) is 12.1. The van der Waals surface area contributed by atoms with Gasteiger partial charge < -0.3 is 14.8 Å². The predicted molar refractivity (Wildman–Crippen MR) is 95.1 cm³/mol. The van der Waals surface area contributed by atoms with Crippen molar-refractivity contribution in [2.24, 2.45) is 0 Å². The first-order valence-electron chi connectivity index (χ1n) is 8.63. The summed E-state index contributed by atoms with van der Waals surface area (Å²) in [4.78, 5) is 12.6. The Hall–Kier alpha value is -2.06. The maximum absolute atomic E-state index is 12.6. The molecule has 0 aliphatic rings. The first-order chi connectivity index (χ1) is 11.5. The molecule has 0 aliphatic carbocycles. The van der Waals surface area contributed by atoms with Gasteiger partial charge in [-0.2, -0.15) is 5.26 Å². The molecule has 1 aromatic rings. The molecule has 0 aromatic heterocycles. The molecule has 24 heavy (non-hydrogen) atoms. The van der Waals surface area contributed by atoms with Crippen LogP contribution in [0.3, 0.4) is 0 Å². The second-order valence-corrected chi connectivity index (χ2v) is 5.89. The Morgan fingerprint density at radius 3 is 2.62 bits per heavy atom. The van der Waals surface area contributed by atoms with E-state index in [0.717, 1.165) is 19.3 Å². The molecule has 1 N–H and O–H groups in total. The molecule has 0 spiro atoms. The Morgan fingerprint density at radius 2 is 2.04 bits per heavy atom. The van der Waals surface area contributed by atoms with E-state index >= 15 is 0 Å². The van der Waals surface area contributed by atoms with Crippen molar-refractivity contribution in [1.29, 1.82) is 5.26 Å². The first kappa shape index (κ1) is 20.0. The van der Waals surface area contributed by atoms with E-state index in [0.29, 0.717) is 36.6 Å². The normalized spacial score (nSPS) is 13.0. The average molecular weight is 332 g/mol. The highest BCUT2D eigenvalue weighted by atomic mass is 16.5. The Labute approximate surface area is 145 Å². The fraction of sp³-hybridized carbons (Fsp3) is 0.579. The molecular weight excluding hydrogens is 304 g/mol. The van der Waals surface area contributed by atoms with E-state index < -0.39 is 5.60 Å². The molecule has 5 heteroatoms. The number of rotatable bonds is 10. The van der Waals surface area contributed by atoms with Crippen LogP contribution in [0.4, 0.5) is 5.69 Å². The zero-order chi connectivity index (χ0) is 18.0. The lowest BCUT2D eigenvalue weighted by Gasteiger charge is -2.27. The molecule has 0 fully saturated rings. The van der Waals surface area contributed by atoms with E-state index in [-0.39, 0.29) is 5.91 Å². The Balaban J connectivity index is 2.87. The average Bonchev–Trinajstić information content (AvgIpc) is 2.56. The van der Waals surface area contributed by atoms with Crippen molar-refractivity contribution in [3.05, 3.63) is 23.8 Å². The molecule has 1 aromatic carbocycles. The van der Waals surface area contributed by atoms with Crippen LogP contribution in [0.25, 0.3) is 0 Å². The smallest absolute Gasteiger partial charge is 0.256 e. The molecule has 0 radical (unpaired) electrons. The number of nitrogens with one attached hydrogen (secondary N) is 1. The Kier molecular flexibility index (Phi) is 8.28. The Morgan fingerprint density at radius 1 is 1.29 bits per heavy atom. The number of hydrogen-bond donors (Lipinski definition) is 1. The zero-order valence-electron chi connectivity index (χ0n) is 15.1. The van der Waals surface area contributed by atoms with Gasteiger partial charge in [0.25, 0.3) is 5.91 Å². The first-order valence-corrected chi connectivity index (χ1v) is 8.63. The molecule has 1 atom stereocenters. The standard InChI is InChI=1S/C19H28N2O3/c1-5-8-12-23-17-10-9-16(13-15(17)14-20)21-18(22)19(4,11-6-2)24-7-3/h9-10,13H,5-8,11-12H2,1-4H3,(H,21,22). The second-order valence-electron chi connectivity index (χ2n) is 5.89. The maximum Gasteiger partial charge on any atom is 0.256 e. The topological polar surface area (TPSA) is 71.3 Å². The second kappa shape index (κ2) is 9.94. The summed E-state index contributed by atoms with van der Waals surface area (Å²) in [5.74, 6) is 0.347. The van der Waals surface area contributed by atoms with E-state index in [1.54, 1.807) is 25.1 Å². The fourth-order valence-corrected chi connectivity index (χ4v) is 2.46. The van der Waals surface area contributed by atoms with Gasteiger partial charge in [-0.15, -0.1) is 0 Å². The predicted octanol–water partition coefficient (Wildman–Crippen LogP) is 4.27. The van der Waals surface area contributed by atoms with Crippen molar-refractivity contribution in [3.8, 4) is 11.8 Å². The number of nitriles is 1. The van der Waals surface area contributed by atoms with Crippen LogP contribution in [-0.2, 0) is 9.53 Å². The van der Waals surface area contributed by atoms with Crippen LogP contribution in [-0.4, -0.2) is 24.7 Å².